The number of rotatable bonds is 4. The molecule has 0 aliphatic rings. The maximum atomic E-state index is 13.2. The maximum Gasteiger partial charge on any atom is 0.263 e. The summed E-state index contributed by atoms with van der Waals surface area (Å²) in [6.45, 7) is 3.69. The molecule has 146 valence electrons. The Balaban J connectivity index is 1.67. The lowest BCUT2D eigenvalue weighted by molar-refractivity contribution is -0.116. The summed E-state index contributed by atoms with van der Waals surface area (Å²) in [5, 5.41) is 5.14. The molecular weight excluding hydrogens is 389 g/mol. The van der Waals surface area contributed by atoms with Crippen LogP contribution in [-0.2, 0) is 11.3 Å². The van der Waals surface area contributed by atoms with E-state index in [9.17, 15) is 14.0 Å². The minimum atomic E-state index is -0.341. The number of fused-ring (bicyclic) bond motifs is 1. The average molecular weight is 407 g/mol. The van der Waals surface area contributed by atoms with Crippen molar-refractivity contribution >= 4 is 33.1 Å². The summed E-state index contributed by atoms with van der Waals surface area (Å²) in [6.07, 6.45) is 1.39. The Morgan fingerprint density at radius 2 is 1.83 bits per heavy atom. The van der Waals surface area contributed by atoms with Gasteiger partial charge in [0.2, 0.25) is 5.91 Å². The molecule has 2 aromatic heterocycles. The monoisotopic (exact) mass is 407 g/mol. The van der Waals surface area contributed by atoms with Crippen LogP contribution in [0.25, 0.3) is 21.3 Å². The summed E-state index contributed by atoms with van der Waals surface area (Å²) >= 11 is 1.34. The van der Waals surface area contributed by atoms with Gasteiger partial charge in [-0.15, -0.1) is 11.3 Å². The average Bonchev–Trinajstić information content (AvgIpc) is 3.13. The molecule has 0 aliphatic heterocycles. The molecule has 0 unspecified atom stereocenters. The summed E-state index contributed by atoms with van der Waals surface area (Å²) in [4.78, 5) is 30.5. The number of aryl methyl sites for hydroxylation is 2. The molecule has 0 atom stereocenters. The fourth-order valence-electron chi connectivity index (χ4n) is 3.27. The Kier molecular flexibility index (Phi) is 4.98. The summed E-state index contributed by atoms with van der Waals surface area (Å²) in [5.74, 6) is -0.642. The van der Waals surface area contributed by atoms with E-state index in [0.717, 1.165) is 22.4 Å². The number of carbonyl (C=O) groups excluding carboxylic acids is 1. The smallest absolute Gasteiger partial charge is 0.263 e. The summed E-state index contributed by atoms with van der Waals surface area (Å²) in [5.41, 5.74) is 3.78. The topological polar surface area (TPSA) is 64.0 Å². The quantitative estimate of drug-likeness (QED) is 0.541. The first-order chi connectivity index (χ1) is 13.9. The van der Waals surface area contributed by atoms with E-state index in [1.807, 2.05) is 37.4 Å². The second-order valence-electron chi connectivity index (χ2n) is 6.83. The van der Waals surface area contributed by atoms with E-state index < -0.39 is 0 Å². The van der Waals surface area contributed by atoms with Gasteiger partial charge in [-0.05, 0) is 42.7 Å². The number of amides is 1. The molecule has 0 saturated heterocycles. The molecule has 0 saturated carbocycles. The number of halogens is 1. The fraction of sp³-hybridized carbons (Fsp3) is 0.136. The van der Waals surface area contributed by atoms with Gasteiger partial charge in [0.05, 0.1) is 11.7 Å². The molecule has 2 heterocycles. The van der Waals surface area contributed by atoms with Crippen molar-refractivity contribution in [2.24, 2.45) is 0 Å². The Hall–Kier alpha value is -3.32. The molecule has 4 aromatic rings. The molecule has 0 fully saturated rings. The zero-order chi connectivity index (χ0) is 20.5. The van der Waals surface area contributed by atoms with Crippen LogP contribution in [0, 0.1) is 19.7 Å². The third-order valence-electron chi connectivity index (χ3n) is 4.78. The normalized spacial score (nSPS) is 11.0. The first kappa shape index (κ1) is 19.0. The van der Waals surface area contributed by atoms with E-state index in [1.165, 1.54) is 34.4 Å². The Morgan fingerprint density at radius 3 is 2.52 bits per heavy atom. The Morgan fingerprint density at radius 1 is 1.14 bits per heavy atom. The minimum absolute atomic E-state index is 0.145. The van der Waals surface area contributed by atoms with Crippen molar-refractivity contribution in [3.8, 4) is 11.1 Å². The van der Waals surface area contributed by atoms with Gasteiger partial charge >= 0.3 is 0 Å². The van der Waals surface area contributed by atoms with E-state index in [4.69, 9.17) is 0 Å². The summed E-state index contributed by atoms with van der Waals surface area (Å²) < 4.78 is 14.5. The van der Waals surface area contributed by atoms with Crippen molar-refractivity contribution in [1.29, 1.82) is 0 Å². The van der Waals surface area contributed by atoms with Crippen molar-refractivity contribution in [3.63, 3.8) is 0 Å². The lowest BCUT2D eigenvalue weighted by Crippen LogP contribution is -2.28. The summed E-state index contributed by atoms with van der Waals surface area (Å²) in [6, 6.07) is 11.7. The third-order valence-corrected chi connectivity index (χ3v) is 5.66. The van der Waals surface area contributed by atoms with Crippen molar-refractivity contribution in [3.05, 3.63) is 81.5 Å². The second-order valence-corrected chi connectivity index (χ2v) is 7.69. The van der Waals surface area contributed by atoms with Crippen LogP contribution in [0.1, 0.15) is 11.1 Å². The zero-order valence-electron chi connectivity index (χ0n) is 15.9. The van der Waals surface area contributed by atoms with Crippen LogP contribution in [0.15, 0.2) is 59.0 Å². The number of benzene rings is 2. The molecule has 2 aromatic carbocycles. The standard InChI is InChI=1S/C22H18FN3O2S/c1-13-4-3-5-14(2)20(13)25-18(27)10-26-12-24-21-19(22(26)28)17(11-29-21)15-6-8-16(23)9-7-15/h3-9,11-12H,10H2,1-2H3,(H,25,27). The number of hydrogen-bond acceptors (Lipinski definition) is 4. The van der Waals surface area contributed by atoms with E-state index in [1.54, 1.807) is 12.1 Å². The first-order valence-electron chi connectivity index (χ1n) is 9.02. The van der Waals surface area contributed by atoms with Gasteiger partial charge in [-0.2, -0.15) is 0 Å². The van der Waals surface area contributed by atoms with Gasteiger partial charge in [0, 0.05) is 16.6 Å². The number of thiophene rings is 1. The van der Waals surface area contributed by atoms with Crippen LogP contribution in [0.5, 0.6) is 0 Å². The van der Waals surface area contributed by atoms with Gasteiger partial charge in [0.15, 0.2) is 0 Å². The fourth-order valence-corrected chi connectivity index (χ4v) is 4.17. The van der Waals surface area contributed by atoms with Crippen LogP contribution < -0.4 is 10.9 Å². The lowest BCUT2D eigenvalue weighted by atomic mass is 10.1. The highest BCUT2D eigenvalue weighted by atomic mass is 32.1. The van der Waals surface area contributed by atoms with Crippen molar-refractivity contribution < 1.29 is 9.18 Å². The van der Waals surface area contributed by atoms with E-state index in [0.29, 0.717) is 15.8 Å². The number of carbonyl (C=O) groups is 1. The zero-order valence-corrected chi connectivity index (χ0v) is 16.7. The molecule has 0 radical (unpaired) electrons. The van der Waals surface area contributed by atoms with Crippen LogP contribution in [-0.4, -0.2) is 15.5 Å². The molecule has 29 heavy (non-hydrogen) atoms. The number of nitrogens with one attached hydrogen (secondary N) is 1. The first-order valence-corrected chi connectivity index (χ1v) is 9.90. The molecule has 7 heteroatoms. The number of aromatic nitrogens is 2. The molecule has 0 bridgehead atoms. The number of para-hydroxylation sites is 1. The van der Waals surface area contributed by atoms with Crippen molar-refractivity contribution in [1.82, 2.24) is 9.55 Å². The molecule has 1 amide bonds. The SMILES string of the molecule is Cc1cccc(C)c1NC(=O)Cn1cnc2scc(-c3ccc(F)cc3)c2c1=O. The minimum Gasteiger partial charge on any atom is -0.324 e. The van der Waals surface area contributed by atoms with Crippen molar-refractivity contribution in [2.75, 3.05) is 5.32 Å². The highest BCUT2D eigenvalue weighted by Gasteiger charge is 2.15. The van der Waals surface area contributed by atoms with Crippen LogP contribution in [0.4, 0.5) is 10.1 Å². The van der Waals surface area contributed by atoms with Gasteiger partial charge in [-0.1, -0.05) is 30.3 Å². The molecule has 4 rings (SSSR count). The molecular formula is C22H18FN3O2S. The van der Waals surface area contributed by atoms with E-state index >= 15 is 0 Å². The highest BCUT2D eigenvalue weighted by Crippen LogP contribution is 2.30. The lowest BCUT2D eigenvalue weighted by Gasteiger charge is -2.12. The van der Waals surface area contributed by atoms with E-state index in [2.05, 4.69) is 10.3 Å². The molecule has 5 nitrogen and oxygen atoms in total. The second kappa shape index (κ2) is 7.60. The van der Waals surface area contributed by atoms with Gasteiger partial charge < -0.3 is 5.32 Å². The maximum absolute atomic E-state index is 13.2. The van der Waals surface area contributed by atoms with Crippen LogP contribution in [0.3, 0.4) is 0 Å². The van der Waals surface area contributed by atoms with Gasteiger partial charge in [0.1, 0.15) is 17.2 Å². The summed E-state index contributed by atoms with van der Waals surface area (Å²) in [7, 11) is 0. The van der Waals surface area contributed by atoms with Crippen molar-refractivity contribution in [2.45, 2.75) is 20.4 Å². The highest BCUT2D eigenvalue weighted by molar-refractivity contribution is 7.17. The molecule has 1 N–H and O–H groups in total. The van der Waals surface area contributed by atoms with Crippen LogP contribution in [0.2, 0.25) is 0 Å². The number of hydrogen-bond donors (Lipinski definition) is 1. The molecule has 0 spiro atoms. The number of anilines is 1. The van der Waals surface area contributed by atoms with E-state index in [-0.39, 0.29) is 23.8 Å². The Bertz CT molecular complexity index is 1260. The van der Waals surface area contributed by atoms with Gasteiger partial charge in [-0.3, -0.25) is 14.2 Å². The van der Waals surface area contributed by atoms with Gasteiger partial charge in [0.25, 0.3) is 5.56 Å². The third kappa shape index (κ3) is 3.69. The largest absolute Gasteiger partial charge is 0.324 e. The molecule has 0 aliphatic carbocycles. The van der Waals surface area contributed by atoms with Gasteiger partial charge in [-0.25, -0.2) is 9.37 Å². The number of nitrogens with zero attached hydrogens (tertiary/aromatic N) is 2. The Labute approximate surface area is 170 Å². The predicted molar refractivity (Wildman–Crippen MR) is 114 cm³/mol. The predicted octanol–water partition coefficient (Wildman–Crippen LogP) is 4.52. The van der Waals surface area contributed by atoms with Crippen LogP contribution >= 0.6 is 11.3 Å².